The van der Waals surface area contributed by atoms with E-state index in [4.69, 9.17) is 0 Å². The van der Waals surface area contributed by atoms with E-state index in [-0.39, 0.29) is 6.09 Å². The second kappa shape index (κ2) is 3.06. The fraction of sp³-hybridized carbons (Fsp3) is 0.286. The monoisotopic (exact) mass is 139 g/mol. The van der Waals surface area contributed by atoms with Crippen molar-refractivity contribution in [3.63, 3.8) is 0 Å². The van der Waals surface area contributed by atoms with Gasteiger partial charge in [0.25, 0.3) is 0 Å². The van der Waals surface area contributed by atoms with Gasteiger partial charge in [0.15, 0.2) is 0 Å². The lowest BCUT2D eigenvalue weighted by molar-refractivity contribution is 0.166. The second-order valence-electron chi connectivity index (χ2n) is 1.88. The molecule has 1 amide bonds. The van der Waals surface area contributed by atoms with E-state index in [0.717, 1.165) is 0 Å². The van der Waals surface area contributed by atoms with E-state index < -0.39 is 0 Å². The van der Waals surface area contributed by atoms with Crippen molar-refractivity contribution in [2.75, 3.05) is 13.2 Å². The van der Waals surface area contributed by atoms with Crippen molar-refractivity contribution in [2.24, 2.45) is 0 Å². The van der Waals surface area contributed by atoms with Gasteiger partial charge < -0.3 is 4.74 Å². The molecule has 0 radical (unpaired) electrons. The van der Waals surface area contributed by atoms with Gasteiger partial charge in [-0.05, 0) is 6.08 Å². The summed E-state index contributed by atoms with van der Waals surface area (Å²) in [5.41, 5.74) is 0. The summed E-state index contributed by atoms with van der Waals surface area (Å²) in [5, 5.41) is 0. The highest BCUT2D eigenvalue weighted by molar-refractivity contribution is 5.70. The van der Waals surface area contributed by atoms with Crippen LogP contribution in [0.15, 0.2) is 24.9 Å². The van der Waals surface area contributed by atoms with Crippen molar-refractivity contribution in [1.82, 2.24) is 4.90 Å². The Kier molecular flexibility index (Phi) is 2.10. The number of hydrogen-bond acceptors (Lipinski definition) is 2. The Morgan fingerprint density at radius 2 is 2.50 bits per heavy atom. The van der Waals surface area contributed by atoms with Crippen LogP contribution in [0.4, 0.5) is 4.79 Å². The number of hydrogen-bond donors (Lipinski definition) is 0. The van der Waals surface area contributed by atoms with Crippen LogP contribution in [0.25, 0.3) is 0 Å². The molecule has 0 aromatic rings. The Labute approximate surface area is 59.6 Å². The molecule has 0 spiro atoms. The van der Waals surface area contributed by atoms with Crippen molar-refractivity contribution >= 4 is 6.09 Å². The Bertz CT molecular complexity index is 174. The van der Waals surface area contributed by atoms with E-state index in [1.54, 1.807) is 18.4 Å². The topological polar surface area (TPSA) is 29.5 Å². The zero-order valence-electron chi connectivity index (χ0n) is 5.62. The summed E-state index contributed by atoms with van der Waals surface area (Å²) >= 11 is 0. The number of carbonyl (C=O) groups excluding carboxylic acids is 1. The van der Waals surface area contributed by atoms with Crippen molar-refractivity contribution in [3.8, 4) is 0 Å². The molecule has 0 aromatic heterocycles. The van der Waals surface area contributed by atoms with Crippen molar-refractivity contribution in [1.29, 1.82) is 0 Å². The average Bonchev–Trinajstić information content (AvgIpc) is 2.31. The molecule has 0 N–H and O–H groups in total. The molecule has 54 valence electrons. The maximum absolute atomic E-state index is 10.7. The lowest BCUT2D eigenvalue weighted by Crippen LogP contribution is -2.16. The minimum absolute atomic E-state index is 0.280. The third kappa shape index (κ3) is 1.37. The number of cyclic esters (lactones) is 1. The van der Waals surface area contributed by atoms with Crippen LogP contribution in [-0.2, 0) is 4.74 Å². The lowest BCUT2D eigenvalue weighted by atomic mass is 10.5. The van der Waals surface area contributed by atoms with E-state index in [0.29, 0.717) is 13.2 Å². The molecule has 0 aliphatic carbocycles. The molecule has 0 unspecified atom stereocenters. The molecule has 10 heavy (non-hydrogen) atoms. The van der Waals surface area contributed by atoms with Crippen LogP contribution in [0, 0.1) is 0 Å². The number of allylic oxidation sites excluding steroid dienone is 2. The van der Waals surface area contributed by atoms with Gasteiger partial charge in [-0.3, -0.25) is 4.90 Å². The highest BCUT2D eigenvalue weighted by Gasteiger charge is 2.18. The van der Waals surface area contributed by atoms with E-state index in [2.05, 4.69) is 11.3 Å². The summed E-state index contributed by atoms with van der Waals surface area (Å²) in [4.78, 5) is 12.2. The number of amides is 1. The molecule has 3 heteroatoms. The predicted octanol–water partition coefficient (Wildman–Crippen LogP) is 1.14. The van der Waals surface area contributed by atoms with Crippen molar-refractivity contribution in [3.05, 3.63) is 24.9 Å². The molecule has 1 fully saturated rings. The number of rotatable bonds is 2. The van der Waals surface area contributed by atoms with Crippen LogP contribution >= 0.6 is 0 Å². The van der Waals surface area contributed by atoms with Crippen LogP contribution in [0.2, 0.25) is 0 Å². The number of nitrogens with zero attached hydrogens (tertiary/aromatic N) is 1. The van der Waals surface area contributed by atoms with Gasteiger partial charge in [0.1, 0.15) is 6.61 Å². The minimum atomic E-state index is -0.280. The first-order valence-electron chi connectivity index (χ1n) is 3.07. The molecule has 1 aliphatic heterocycles. The summed E-state index contributed by atoms with van der Waals surface area (Å²) in [6, 6.07) is 0. The zero-order chi connectivity index (χ0) is 7.40. The van der Waals surface area contributed by atoms with E-state index in [1.807, 2.05) is 0 Å². The predicted molar refractivity (Wildman–Crippen MR) is 37.4 cm³/mol. The third-order valence-corrected chi connectivity index (χ3v) is 1.19. The zero-order valence-corrected chi connectivity index (χ0v) is 5.62. The molecular weight excluding hydrogens is 130 g/mol. The maximum Gasteiger partial charge on any atom is 0.413 e. The van der Waals surface area contributed by atoms with Gasteiger partial charge in [-0.2, -0.15) is 0 Å². The summed E-state index contributed by atoms with van der Waals surface area (Å²) in [7, 11) is 0. The first kappa shape index (κ1) is 6.86. The first-order valence-corrected chi connectivity index (χ1v) is 3.07. The van der Waals surface area contributed by atoms with E-state index in [1.165, 1.54) is 4.90 Å². The van der Waals surface area contributed by atoms with E-state index >= 15 is 0 Å². The summed E-state index contributed by atoms with van der Waals surface area (Å²) in [6.07, 6.45) is 4.69. The van der Waals surface area contributed by atoms with Gasteiger partial charge in [-0.1, -0.05) is 12.7 Å². The molecule has 1 heterocycles. The summed E-state index contributed by atoms with van der Waals surface area (Å²) in [6.45, 7) is 4.61. The van der Waals surface area contributed by atoms with Crippen LogP contribution in [0.5, 0.6) is 0 Å². The summed E-state index contributed by atoms with van der Waals surface area (Å²) in [5.74, 6) is 0. The van der Waals surface area contributed by atoms with E-state index in [9.17, 15) is 4.79 Å². The molecule has 0 atom stereocenters. The molecule has 0 saturated carbocycles. The Balaban J connectivity index is 2.47. The van der Waals surface area contributed by atoms with Gasteiger partial charge >= 0.3 is 6.09 Å². The number of ether oxygens (including phenoxy) is 1. The fourth-order valence-corrected chi connectivity index (χ4v) is 0.706. The second-order valence-corrected chi connectivity index (χ2v) is 1.88. The van der Waals surface area contributed by atoms with Crippen LogP contribution in [0.1, 0.15) is 0 Å². The van der Waals surface area contributed by atoms with Crippen LogP contribution in [-0.4, -0.2) is 24.1 Å². The van der Waals surface area contributed by atoms with Crippen LogP contribution in [0.3, 0.4) is 0 Å². The maximum atomic E-state index is 10.7. The SMILES string of the molecule is C=C/C=C\N1CCOC1=O. The molecule has 1 saturated heterocycles. The first-order chi connectivity index (χ1) is 4.84. The minimum Gasteiger partial charge on any atom is -0.447 e. The Morgan fingerprint density at radius 1 is 1.70 bits per heavy atom. The van der Waals surface area contributed by atoms with Gasteiger partial charge in [-0.15, -0.1) is 0 Å². The Morgan fingerprint density at radius 3 is 3.00 bits per heavy atom. The molecular formula is C7H9NO2. The molecule has 1 rings (SSSR count). The van der Waals surface area contributed by atoms with Crippen LogP contribution < -0.4 is 0 Å². The largest absolute Gasteiger partial charge is 0.447 e. The normalized spacial score (nSPS) is 18.0. The van der Waals surface area contributed by atoms with Crippen molar-refractivity contribution < 1.29 is 9.53 Å². The molecule has 1 aliphatic rings. The Hall–Kier alpha value is -1.25. The van der Waals surface area contributed by atoms with Gasteiger partial charge in [-0.25, -0.2) is 4.79 Å². The summed E-state index contributed by atoms with van der Waals surface area (Å²) < 4.78 is 4.66. The smallest absolute Gasteiger partial charge is 0.413 e. The standard InChI is InChI=1S/C7H9NO2/c1-2-3-4-8-5-6-10-7(8)9/h2-4H,1,5-6H2/b4-3-. The van der Waals surface area contributed by atoms with Gasteiger partial charge in [0.2, 0.25) is 0 Å². The quantitative estimate of drug-likeness (QED) is 0.537. The molecule has 0 aromatic carbocycles. The highest BCUT2D eigenvalue weighted by Crippen LogP contribution is 2.02. The van der Waals surface area contributed by atoms with Gasteiger partial charge in [0.05, 0.1) is 6.54 Å². The third-order valence-electron chi connectivity index (χ3n) is 1.19. The fourth-order valence-electron chi connectivity index (χ4n) is 0.706. The lowest BCUT2D eigenvalue weighted by Gasteiger charge is -2.02. The van der Waals surface area contributed by atoms with Gasteiger partial charge in [0, 0.05) is 6.20 Å². The molecule has 0 bridgehead atoms. The molecule has 3 nitrogen and oxygen atoms in total. The highest BCUT2D eigenvalue weighted by atomic mass is 16.6. The number of carbonyl (C=O) groups is 1. The average molecular weight is 139 g/mol. The van der Waals surface area contributed by atoms with Crippen molar-refractivity contribution in [2.45, 2.75) is 0 Å².